The highest BCUT2D eigenvalue weighted by Crippen LogP contribution is 2.58. The maximum absolute atomic E-state index is 12.6. The van der Waals surface area contributed by atoms with Crippen molar-refractivity contribution in [2.24, 2.45) is 35.5 Å². The lowest BCUT2D eigenvalue weighted by atomic mass is 9.69. The topological polar surface area (TPSA) is 78.9 Å². The van der Waals surface area contributed by atoms with Crippen LogP contribution in [0.15, 0.2) is 0 Å². The summed E-state index contributed by atoms with van der Waals surface area (Å²) in [5, 5.41) is 0. The minimum atomic E-state index is -0.822. The molecule has 0 spiro atoms. The quantitative estimate of drug-likeness (QED) is 0.575. The molecule has 1 aliphatic heterocycles. The Morgan fingerprint density at radius 3 is 2.18 bits per heavy atom. The van der Waals surface area contributed by atoms with Crippen molar-refractivity contribution in [2.75, 3.05) is 13.7 Å². The molecule has 3 aliphatic rings. The van der Waals surface area contributed by atoms with Crippen LogP contribution in [0.1, 0.15) is 26.7 Å². The van der Waals surface area contributed by atoms with Crippen molar-refractivity contribution in [3.05, 3.63) is 0 Å². The van der Waals surface area contributed by atoms with Gasteiger partial charge in [0.05, 0.1) is 25.6 Å². The van der Waals surface area contributed by atoms with E-state index in [9.17, 15) is 14.4 Å². The summed E-state index contributed by atoms with van der Waals surface area (Å²) in [6.45, 7) is 4.52. The van der Waals surface area contributed by atoms with Crippen LogP contribution in [0.3, 0.4) is 0 Å². The predicted molar refractivity (Wildman–Crippen MR) is 74.4 cm³/mol. The van der Waals surface area contributed by atoms with E-state index in [-0.39, 0.29) is 24.4 Å². The highest BCUT2D eigenvalue weighted by atomic mass is 16.6. The van der Waals surface area contributed by atoms with E-state index in [1.165, 1.54) is 7.11 Å². The van der Waals surface area contributed by atoms with Crippen molar-refractivity contribution >= 4 is 17.9 Å². The van der Waals surface area contributed by atoms with Crippen LogP contribution < -0.4 is 0 Å². The van der Waals surface area contributed by atoms with E-state index in [1.54, 1.807) is 0 Å². The number of fused-ring (bicyclic) bond motifs is 2. The van der Waals surface area contributed by atoms with E-state index < -0.39 is 29.9 Å². The number of cyclic esters (lactones) is 1. The van der Waals surface area contributed by atoms with Gasteiger partial charge in [-0.1, -0.05) is 13.8 Å². The van der Waals surface area contributed by atoms with Crippen LogP contribution in [0.2, 0.25) is 0 Å². The van der Waals surface area contributed by atoms with Gasteiger partial charge in [-0.05, 0) is 30.1 Å². The normalized spacial score (nSPS) is 43.0. The maximum atomic E-state index is 12.6. The maximum Gasteiger partial charge on any atom is 0.347 e. The number of rotatable bonds is 3. The summed E-state index contributed by atoms with van der Waals surface area (Å²) >= 11 is 0. The average molecular weight is 310 g/mol. The molecule has 2 saturated carbocycles. The molecule has 2 bridgehead atoms. The Morgan fingerprint density at radius 2 is 1.68 bits per heavy atom. The minimum absolute atomic E-state index is 0.119. The van der Waals surface area contributed by atoms with Gasteiger partial charge in [0.25, 0.3) is 0 Å². The standard InChI is InChI=1S/C16H22O6/c1-7-8(2)10-6-9(7)12(15(18)20-3)13(10)16(19)22-11-4-5-21-14(11)17/h7-13H,4-6H2,1-3H3. The Morgan fingerprint density at radius 1 is 1.09 bits per heavy atom. The van der Waals surface area contributed by atoms with Gasteiger partial charge in [0.1, 0.15) is 0 Å². The second kappa shape index (κ2) is 5.56. The van der Waals surface area contributed by atoms with Crippen molar-refractivity contribution in [3.63, 3.8) is 0 Å². The van der Waals surface area contributed by atoms with Crippen molar-refractivity contribution in [1.82, 2.24) is 0 Å². The zero-order valence-corrected chi connectivity index (χ0v) is 13.1. The summed E-state index contributed by atoms with van der Waals surface area (Å²) in [7, 11) is 1.35. The summed E-state index contributed by atoms with van der Waals surface area (Å²) < 4.78 is 15.1. The van der Waals surface area contributed by atoms with Crippen LogP contribution in [0.25, 0.3) is 0 Å². The zero-order valence-electron chi connectivity index (χ0n) is 13.1. The van der Waals surface area contributed by atoms with E-state index in [4.69, 9.17) is 14.2 Å². The van der Waals surface area contributed by atoms with Gasteiger partial charge in [-0.2, -0.15) is 0 Å². The van der Waals surface area contributed by atoms with Gasteiger partial charge < -0.3 is 14.2 Å². The van der Waals surface area contributed by atoms with E-state index in [1.807, 2.05) is 0 Å². The third-order valence-corrected chi connectivity index (χ3v) is 5.92. The zero-order chi connectivity index (χ0) is 16.0. The van der Waals surface area contributed by atoms with Crippen LogP contribution in [-0.4, -0.2) is 37.7 Å². The van der Waals surface area contributed by atoms with E-state index in [0.29, 0.717) is 18.3 Å². The summed E-state index contributed by atoms with van der Waals surface area (Å²) in [6.07, 6.45) is 0.412. The van der Waals surface area contributed by atoms with Crippen molar-refractivity contribution in [2.45, 2.75) is 32.8 Å². The van der Waals surface area contributed by atoms with E-state index in [0.717, 1.165) is 6.42 Å². The molecule has 0 aromatic rings. The first-order valence-electron chi connectivity index (χ1n) is 7.90. The number of hydrogen-bond donors (Lipinski definition) is 0. The third kappa shape index (κ3) is 2.20. The molecule has 22 heavy (non-hydrogen) atoms. The molecule has 7 atom stereocenters. The van der Waals surface area contributed by atoms with Gasteiger partial charge in [-0.15, -0.1) is 0 Å². The average Bonchev–Trinajstić information content (AvgIpc) is 3.15. The smallest absolute Gasteiger partial charge is 0.347 e. The second-order valence-corrected chi connectivity index (χ2v) is 6.74. The first kappa shape index (κ1) is 15.3. The molecule has 1 heterocycles. The number of methoxy groups -OCH3 is 1. The van der Waals surface area contributed by atoms with Crippen LogP contribution in [0, 0.1) is 35.5 Å². The summed E-state index contributed by atoms with van der Waals surface area (Å²) in [6, 6.07) is 0. The van der Waals surface area contributed by atoms with Crippen LogP contribution in [-0.2, 0) is 28.6 Å². The van der Waals surface area contributed by atoms with Crippen LogP contribution >= 0.6 is 0 Å². The van der Waals surface area contributed by atoms with Crippen LogP contribution in [0.4, 0.5) is 0 Å². The number of ether oxygens (including phenoxy) is 3. The minimum Gasteiger partial charge on any atom is -0.469 e. The Labute approximate surface area is 129 Å². The Kier molecular flexibility index (Phi) is 3.87. The summed E-state index contributed by atoms with van der Waals surface area (Å²) in [5.41, 5.74) is 0. The Bertz CT molecular complexity index is 501. The number of hydrogen-bond acceptors (Lipinski definition) is 6. The molecule has 3 rings (SSSR count). The number of esters is 3. The first-order valence-corrected chi connectivity index (χ1v) is 7.90. The molecule has 0 N–H and O–H groups in total. The van der Waals surface area contributed by atoms with Crippen molar-refractivity contribution in [1.29, 1.82) is 0 Å². The molecule has 1 saturated heterocycles. The number of carbonyl (C=O) groups is 3. The lowest BCUT2D eigenvalue weighted by Gasteiger charge is -2.35. The Hall–Kier alpha value is -1.59. The SMILES string of the molecule is COC(=O)C1C2CC(C(C)C2C)C1C(=O)OC1CCOC1=O. The molecule has 3 fully saturated rings. The van der Waals surface area contributed by atoms with E-state index in [2.05, 4.69) is 13.8 Å². The second-order valence-electron chi connectivity index (χ2n) is 6.74. The molecule has 0 aromatic heterocycles. The monoisotopic (exact) mass is 310 g/mol. The molecule has 6 nitrogen and oxygen atoms in total. The highest BCUT2D eigenvalue weighted by molar-refractivity contribution is 5.86. The Balaban J connectivity index is 1.79. The van der Waals surface area contributed by atoms with Gasteiger partial charge in [0.15, 0.2) is 0 Å². The molecule has 2 aliphatic carbocycles. The molecule has 7 unspecified atom stereocenters. The number of carbonyl (C=O) groups excluding carboxylic acids is 3. The van der Waals surface area contributed by atoms with Gasteiger partial charge in [-0.25, -0.2) is 4.79 Å². The van der Waals surface area contributed by atoms with Gasteiger partial charge in [0, 0.05) is 6.42 Å². The largest absolute Gasteiger partial charge is 0.469 e. The predicted octanol–water partition coefficient (Wildman–Crippen LogP) is 1.17. The van der Waals surface area contributed by atoms with Gasteiger partial charge in [0.2, 0.25) is 6.10 Å². The molecule has 0 aromatic carbocycles. The molecule has 6 heteroatoms. The lowest BCUT2D eigenvalue weighted by Crippen LogP contribution is -2.43. The fourth-order valence-corrected chi connectivity index (χ4v) is 4.59. The molecule has 0 amide bonds. The molecular formula is C16H22O6. The van der Waals surface area contributed by atoms with Crippen molar-refractivity contribution in [3.8, 4) is 0 Å². The van der Waals surface area contributed by atoms with E-state index >= 15 is 0 Å². The van der Waals surface area contributed by atoms with Crippen molar-refractivity contribution < 1.29 is 28.6 Å². The fourth-order valence-electron chi connectivity index (χ4n) is 4.59. The van der Waals surface area contributed by atoms with Gasteiger partial charge in [-0.3, -0.25) is 9.59 Å². The third-order valence-electron chi connectivity index (χ3n) is 5.92. The molecular weight excluding hydrogens is 288 g/mol. The lowest BCUT2D eigenvalue weighted by molar-refractivity contribution is -0.171. The first-order chi connectivity index (χ1) is 10.5. The molecule has 0 radical (unpaired) electrons. The van der Waals surface area contributed by atoms with Gasteiger partial charge >= 0.3 is 17.9 Å². The summed E-state index contributed by atoms with van der Waals surface area (Å²) in [5.74, 6) is -1.23. The summed E-state index contributed by atoms with van der Waals surface area (Å²) in [4.78, 5) is 36.2. The highest BCUT2D eigenvalue weighted by Gasteiger charge is 2.61. The fraction of sp³-hybridized carbons (Fsp3) is 0.812. The molecule has 122 valence electrons. The van der Waals surface area contributed by atoms with Crippen LogP contribution in [0.5, 0.6) is 0 Å².